The first-order valence-corrected chi connectivity index (χ1v) is 10.3. The summed E-state index contributed by atoms with van der Waals surface area (Å²) in [6.45, 7) is 11.1. The summed E-state index contributed by atoms with van der Waals surface area (Å²) in [6, 6.07) is 5.14. The van der Waals surface area contributed by atoms with E-state index in [1.54, 1.807) is 12.4 Å². The lowest BCUT2D eigenvalue weighted by atomic mass is 9.80. The van der Waals surface area contributed by atoms with Crippen LogP contribution in [0.1, 0.15) is 78.1 Å². The van der Waals surface area contributed by atoms with Crippen molar-refractivity contribution in [1.82, 2.24) is 20.2 Å². The van der Waals surface area contributed by atoms with Gasteiger partial charge in [0.25, 0.3) is 5.91 Å². The molecule has 0 saturated carbocycles. The predicted octanol–water partition coefficient (Wildman–Crippen LogP) is 3.71. The smallest absolute Gasteiger partial charge is 0.257 e. The van der Waals surface area contributed by atoms with E-state index < -0.39 is 0 Å². The molecule has 5 nitrogen and oxygen atoms in total. The molecule has 1 amide bonds. The van der Waals surface area contributed by atoms with Crippen LogP contribution in [0.5, 0.6) is 0 Å². The highest BCUT2D eigenvalue weighted by molar-refractivity contribution is 5.93. The summed E-state index contributed by atoms with van der Waals surface area (Å²) in [6.07, 6.45) is 6.56. The number of carbonyl (C=O) groups is 1. The van der Waals surface area contributed by atoms with Crippen molar-refractivity contribution in [3.05, 3.63) is 58.2 Å². The van der Waals surface area contributed by atoms with E-state index in [2.05, 4.69) is 48.2 Å². The molecule has 1 fully saturated rings. The van der Waals surface area contributed by atoms with E-state index in [-0.39, 0.29) is 11.3 Å². The van der Waals surface area contributed by atoms with Gasteiger partial charge in [-0.3, -0.25) is 4.79 Å². The Balaban J connectivity index is 1.68. The van der Waals surface area contributed by atoms with Gasteiger partial charge in [-0.1, -0.05) is 32.9 Å². The van der Waals surface area contributed by atoms with Gasteiger partial charge >= 0.3 is 0 Å². The number of benzene rings is 1. The molecule has 2 aliphatic rings. The maximum absolute atomic E-state index is 13.0. The van der Waals surface area contributed by atoms with Crippen LogP contribution in [0.2, 0.25) is 0 Å². The highest BCUT2D eigenvalue weighted by Crippen LogP contribution is 2.36. The van der Waals surface area contributed by atoms with Gasteiger partial charge < -0.3 is 10.2 Å². The summed E-state index contributed by atoms with van der Waals surface area (Å²) < 4.78 is 0. The lowest BCUT2D eigenvalue weighted by molar-refractivity contribution is 0.0733. The van der Waals surface area contributed by atoms with Gasteiger partial charge in [0.2, 0.25) is 0 Å². The van der Waals surface area contributed by atoms with Crippen LogP contribution < -0.4 is 5.32 Å². The van der Waals surface area contributed by atoms with Crippen LogP contribution in [0.4, 0.5) is 0 Å². The predicted molar refractivity (Wildman–Crippen MR) is 110 cm³/mol. The summed E-state index contributed by atoms with van der Waals surface area (Å²) in [5.41, 5.74) is 6.20. The molecule has 3 heterocycles. The van der Waals surface area contributed by atoms with Gasteiger partial charge in [-0.05, 0) is 60.4 Å². The lowest BCUT2D eigenvalue weighted by Crippen LogP contribution is -2.37. The highest BCUT2D eigenvalue weighted by Gasteiger charge is 2.29. The van der Waals surface area contributed by atoms with Crippen LogP contribution in [0.3, 0.4) is 0 Å². The van der Waals surface area contributed by atoms with E-state index >= 15 is 0 Å². The third-order valence-corrected chi connectivity index (χ3v) is 5.99. The van der Waals surface area contributed by atoms with E-state index in [1.807, 2.05) is 11.8 Å². The van der Waals surface area contributed by atoms with Gasteiger partial charge in [-0.15, -0.1) is 0 Å². The summed E-state index contributed by atoms with van der Waals surface area (Å²) in [4.78, 5) is 23.3. The quantitative estimate of drug-likeness (QED) is 0.866. The molecule has 1 aromatic heterocycles. The molecule has 0 spiro atoms. The van der Waals surface area contributed by atoms with Crippen LogP contribution in [0, 0.1) is 6.92 Å². The number of aryl methyl sites for hydroxylation is 1. The van der Waals surface area contributed by atoms with Gasteiger partial charge in [0, 0.05) is 31.5 Å². The Kier molecular flexibility index (Phi) is 4.96. The van der Waals surface area contributed by atoms with Gasteiger partial charge in [0.15, 0.2) is 0 Å². The summed E-state index contributed by atoms with van der Waals surface area (Å²) >= 11 is 0. The number of amides is 1. The summed E-state index contributed by atoms with van der Waals surface area (Å²) in [5, 5.41) is 3.66. The monoisotopic (exact) mass is 378 g/mol. The van der Waals surface area contributed by atoms with Crippen LogP contribution in [0.15, 0.2) is 24.5 Å². The van der Waals surface area contributed by atoms with Gasteiger partial charge in [-0.2, -0.15) is 0 Å². The Morgan fingerprint density at radius 3 is 2.61 bits per heavy atom. The number of nitrogens with one attached hydrogen (secondary N) is 1. The maximum Gasteiger partial charge on any atom is 0.257 e. The molecular weight excluding hydrogens is 348 g/mol. The second-order valence-corrected chi connectivity index (χ2v) is 9.10. The van der Waals surface area contributed by atoms with Crippen molar-refractivity contribution in [2.24, 2.45) is 0 Å². The van der Waals surface area contributed by atoms with Crippen molar-refractivity contribution in [3.63, 3.8) is 0 Å². The topological polar surface area (TPSA) is 58.1 Å². The lowest BCUT2D eigenvalue weighted by Gasteiger charge is -2.34. The molecule has 1 atom stereocenters. The Labute approximate surface area is 167 Å². The molecule has 0 aliphatic carbocycles. The van der Waals surface area contributed by atoms with E-state index in [0.29, 0.717) is 24.0 Å². The molecule has 2 aromatic rings. The highest BCUT2D eigenvalue weighted by atomic mass is 16.2. The number of rotatable bonds is 2. The molecule has 28 heavy (non-hydrogen) atoms. The molecular formula is C23H30N4O. The van der Waals surface area contributed by atoms with E-state index in [0.717, 1.165) is 19.5 Å². The molecule has 0 bridgehead atoms. The van der Waals surface area contributed by atoms with Gasteiger partial charge in [-0.25, -0.2) is 9.97 Å². The second-order valence-electron chi connectivity index (χ2n) is 9.10. The van der Waals surface area contributed by atoms with Crippen LogP contribution in [-0.4, -0.2) is 33.9 Å². The number of hydrogen-bond acceptors (Lipinski definition) is 4. The third-order valence-electron chi connectivity index (χ3n) is 5.99. The van der Waals surface area contributed by atoms with Crippen LogP contribution in [0.25, 0.3) is 0 Å². The Morgan fingerprint density at radius 1 is 1.21 bits per heavy atom. The van der Waals surface area contributed by atoms with Crippen molar-refractivity contribution in [2.45, 2.75) is 65.0 Å². The van der Waals surface area contributed by atoms with Crippen molar-refractivity contribution < 1.29 is 4.79 Å². The largest absolute Gasteiger partial charge is 0.334 e. The minimum Gasteiger partial charge on any atom is -0.334 e. The normalized spacial score (nSPS) is 19.6. The summed E-state index contributed by atoms with van der Waals surface area (Å²) in [5.74, 6) is 0.709. The average Bonchev–Trinajstić information content (AvgIpc) is 3.20. The molecule has 0 radical (unpaired) electrons. The van der Waals surface area contributed by atoms with Crippen LogP contribution in [-0.2, 0) is 18.4 Å². The fourth-order valence-electron chi connectivity index (χ4n) is 4.25. The van der Waals surface area contributed by atoms with Crippen molar-refractivity contribution in [2.75, 3.05) is 13.1 Å². The number of carbonyl (C=O) groups excluding carboxylic acids is 1. The first-order chi connectivity index (χ1) is 13.3. The third kappa shape index (κ3) is 3.68. The first-order valence-electron chi connectivity index (χ1n) is 10.3. The van der Waals surface area contributed by atoms with E-state index in [4.69, 9.17) is 0 Å². The Hall–Kier alpha value is -2.27. The van der Waals surface area contributed by atoms with Gasteiger partial charge in [0.05, 0.1) is 5.56 Å². The molecule has 1 saturated heterocycles. The SMILES string of the molecule is Cc1ncc(C(=O)N2CCc3cc(C(C)(C)C)cc([C@@H]4CCCN4)c3C2)cn1. The van der Waals surface area contributed by atoms with Gasteiger partial charge in [0.1, 0.15) is 5.82 Å². The number of aromatic nitrogens is 2. The van der Waals surface area contributed by atoms with E-state index in [9.17, 15) is 4.79 Å². The standard InChI is InChI=1S/C23H30N4O/c1-15-25-12-17(13-26-15)22(28)27-9-7-16-10-18(23(2,3)4)11-19(20(16)14-27)21-6-5-8-24-21/h10-13,21,24H,5-9,14H2,1-4H3/t21-/m0/s1. The molecule has 0 unspecified atom stereocenters. The summed E-state index contributed by atoms with van der Waals surface area (Å²) in [7, 11) is 0. The molecule has 4 rings (SSSR count). The maximum atomic E-state index is 13.0. The zero-order chi connectivity index (χ0) is 19.9. The number of nitrogens with zero attached hydrogens (tertiary/aromatic N) is 3. The number of hydrogen-bond donors (Lipinski definition) is 1. The Bertz CT molecular complexity index is 877. The molecule has 1 aromatic carbocycles. The fourth-order valence-corrected chi connectivity index (χ4v) is 4.25. The van der Waals surface area contributed by atoms with E-state index in [1.165, 1.54) is 35.1 Å². The molecule has 148 valence electrons. The average molecular weight is 379 g/mol. The number of fused-ring (bicyclic) bond motifs is 1. The fraction of sp³-hybridized carbons (Fsp3) is 0.522. The minimum atomic E-state index is 0.0240. The van der Waals surface area contributed by atoms with Crippen LogP contribution >= 0.6 is 0 Å². The zero-order valence-corrected chi connectivity index (χ0v) is 17.4. The molecule has 5 heteroatoms. The van der Waals surface area contributed by atoms with Crippen molar-refractivity contribution in [3.8, 4) is 0 Å². The molecule has 2 aliphatic heterocycles. The van der Waals surface area contributed by atoms with Crippen molar-refractivity contribution >= 4 is 5.91 Å². The first kappa shape index (κ1) is 19.1. The molecule has 1 N–H and O–H groups in total. The minimum absolute atomic E-state index is 0.0240. The van der Waals surface area contributed by atoms with Crippen molar-refractivity contribution in [1.29, 1.82) is 0 Å². The zero-order valence-electron chi connectivity index (χ0n) is 17.4. The second kappa shape index (κ2) is 7.28. The Morgan fingerprint density at radius 2 is 1.96 bits per heavy atom.